The molecule has 0 aliphatic carbocycles. The Kier molecular flexibility index (Phi) is 7.18. The van der Waals surface area contributed by atoms with Crippen molar-refractivity contribution in [2.24, 2.45) is 0 Å². The lowest BCUT2D eigenvalue weighted by Crippen LogP contribution is -2.49. The van der Waals surface area contributed by atoms with E-state index in [1.807, 2.05) is 46.0 Å². The predicted molar refractivity (Wildman–Crippen MR) is 146 cm³/mol. The zero-order valence-electron chi connectivity index (χ0n) is 19.4. The van der Waals surface area contributed by atoms with Gasteiger partial charge in [-0.2, -0.15) is 0 Å². The van der Waals surface area contributed by atoms with Gasteiger partial charge >= 0.3 is 5.69 Å². The van der Waals surface area contributed by atoms with Gasteiger partial charge < -0.3 is 20.5 Å². The lowest BCUT2D eigenvalue weighted by atomic mass is 9.97. The molecule has 2 aliphatic heterocycles. The van der Waals surface area contributed by atoms with Crippen molar-refractivity contribution in [1.82, 2.24) is 19.4 Å². The van der Waals surface area contributed by atoms with Crippen LogP contribution in [0.25, 0.3) is 11.3 Å². The number of nitrogens with zero attached hydrogens (tertiary/aromatic N) is 3. The van der Waals surface area contributed by atoms with Gasteiger partial charge in [-0.05, 0) is 75.2 Å². The van der Waals surface area contributed by atoms with Crippen molar-refractivity contribution in [2.75, 3.05) is 31.9 Å². The van der Waals surface area contributed by atoms with E-state index >= 15 is 0 Å². The van der Waals surface area contributed by atoms with Crippen molar-refractivity contribution in [3.8, 4) is 11.3 Å². The molecule has 0 unspecified atom stereocenters. The summed E-state index contributed by atoms with van der Waals surface area (Å²) in [5.41, 5.74) is 9.08. The van der Waals surface area contributed by atoms with E-state index < -0.39 is 0 Å². The lowest BCUT2D eigenvalue weighted by Gasteiger charge is -2.42. The highest BCUT2D eigenvalue weighted by Crippen LogP contribution is 2.31. The Labute approximate surface area is 221 Å². The molecule has 0 bridgehead atoms. The summed E-state index contributed by atoms with van der Waals surface area (Å²) in [6.07, 6.45) is 5.82. The maximum absolute atomic E-state index is 13.0. The number of aromatic nitrogens is 2. The first-order chi connectivity index (χ1) is 16.9. The van der Waals surface area contributed by atoms with Crippen molar-refractivity contribution in [1.29, 1.82) is 0 Å². The van der Waals surface area contributed by atoms with E-state index in [0.717, 1.165) is 72.1 Å². The van der Waals surface area contributed by atoms with E-state index in [9.17, 15) is 9.59 Å². The van der Waals surface area contributed by atoms with Gasteiger partial charge in [-0.25, -0.2) is 4.79 Å². The van der Waals surface area contributed by atoms with Crippen LogP contribution in [0.1, 0.15) is 42.1 Å². The van der Waals surface area contributed by atoms with Crippen molar-refractivity contribution >= 4 is 43.5 Å². The van der Waals surface area contributed by atoms with Gasteiger partial charge in [-0.1, -0.05) is 30.3 Å². The summed E-state index contributed by atoms with van der Waals surface area (Å²) >= 11 is 6.87. The average Bonchev–Trinajstić information content (AvgIpc) is 3.29. The van der Waals surface area contributed by atoms with E-state index in [4.69, 9.17) is 5.73 Å². The number of imidazole rings is 1. The standard InChI is InChI=1S/C26H29Br2N5O2/c27-21-14-18(15-22(28)24(21)29)25(34)32-12-6-19(7-13-32)31-10-8-20(9-11-31)33-16-23(30-26(33)35)17-4-2-1-3-5-17/h1-5,14-16,19-20H,6-13,29H2,(H,30,35). The lowest BCUT2D eigenvalue weighted by molar-refractivity contribution is 0.0556. The fourth-order valence-corrected chi connectivity index (χ4v) is 6.49. The highest BCUT2D eigenvalue weighted by atomic mass is 79.9. The number of carbonyl (C=O) groups is 1. The molecule has 3 N–H and O–H groups in total. The number of carbonyl (C=O) groups excluding carboxylic acids is 1. The summed E-state index contributed by atoms with van der Waals surface area (Å²) in [4.78, 5) is 33.2. The Balaban J connectivity index is 1.16. The molecule has 0 spiro atoms. The number of hydrogen-bond donors (Lipinski definition) is 2. The highest BCUT2D eigenvalue weighted by molar-refractivity contribution is 9.11. The molecule has 3 aromatic rings. The number of amides is 1. The summed E-state index contributed by atoms with van der Waals surface area (Å²) in [6.45, 7) is 3.44. The minimum absolute atomic E-state index is 0.0323. The van der Waals surface area contributed by atoms with Gasteiger partial charge in [-0.3, -0.25) is 9.36 Å². The number of anilines is 1. The molecule has 9 heteroatoms. The van der Waals surface area contributed by atoms with Gasteiger partial charge in [0.05, 0.1) is 11.4 Å². The number of aromatic amines is 1. The van der Waals surface area contributed by atoms with E-state index in [0.29, 0.717) is 17.3 Å². The third-order valence-electron chi connectivity index (χ3n) is 7.32. The molecule has 2 saturated heterocycles. The van der Waals surface area contributed by atoms with E-state index in [2.05, 4.69) is 41.7 Å². The van der Waals surface area contributed by atoms with Crippen LogP contribution in [0.3, 0.4) is 0 Å². The largest absolute Gasteiger partial charge is 0.397 e. The Bertz CT molecular complexity index is 1230. The normalized spacial score (nSPS) is 18.2. The quantitative estimate of drug-likeness (QED) is 0.416. The van der Waals surface area contributed by atoms with Gasteiger partial charge in [0, 0.05) is 59.0 Å². The first-order valence-electron chi connectivity index (χ1n) is 12.0. The Morgan fingerprint density at radius 2 is 1.51 bits per heavy atom. The summed E-state index contributed by atoms with van der Waals surface area (Å²) < 4.78 is 3.33. The van der Waals surface area contributed by atoms with Crippen molar-refractivity contribution in [3.63, 3.8) is 0 Å². The number of nitrogens with one attached hydrogen (secondary N) is 1. The van der Waals surface area contributed by atoms with E-state index in [1.165, 1.54) is 0 Å². The molecule has 0 atom stereocenters. The van der Waals surface area contributed by atoms with Crippen LogP contribution >= 0.6 is 31.9 Å². The van der Waals surface area contributed by atoms with Gasteiger partial charge in [0.1, 0.15) is 0 Å². The second kappa shape index (κ2) is 10.3. The van der Waals surface area contributed by atoms with Crippen molar-refractivity contribution in [2.45, 2.75) is 37.8 Å². The van der Waals surface area contributed by atoms with Crippen LogP contribution in [0.15, 0.2) is 62.4 Å². The second-order valence-corrected chi connectivity index (χ2v) is 11.1. The van der Waals surface area contributed by atoms with Gasteiger partial charge in [0.2, 0.25) is 0 Å². The van der Waals surface area contributed by atoms with Crippen LogP contribution in [0.4, 0.5) is 5.69 Å². The third-order valence-corrected chi connectivity index (χ3v) is 8.63. The Hall–Kier alpha value is -2.36. The first-order valence-corrected chi connectivity index (χ1v) is 13.6. The maximum Gasteiger partial charge on any atom is 0.326 e. The summed E-state index contributed by atoms with van der Waals surface area (Å²) in [6, 6.07) is 14.3. The number of rotatable bonds is 4. The van der Waals surface area contributed by atoms with Gasteiger partial charge in [0.15, 0.2) is 0 Å². The third kappa shape index (κ3) is 5.13. The van der Waals surface area contributed by atoms with Gasteiger partial charge in [-0.15, -0.1) is 0 Å². The monoisotopic (exact) mass is 601 g/mol. The number of H-pyrrole nitrogens is 1. The molecule has 7 nitrogen and oxygen atoms in total. The molecule has 184 valence electrons. The number of piperidine rings is 2. The summed E-state index contributed by atoms with van der Waals surface area (Å²) in [7, 11) is 0. The van der Waals surface area contributed by atoms with Crippen LogP contribution in [-0.4, -0.2) is 57.5 Å². The molecule has 0 radical (unpaired) electrons. The molecule has 0 saturated carbocycles. The van der Waals surface area contributed by atoms with Crippen molar-refractivity contribution < 1.29 is 4.79 Å². The number of halogens is 2. The molecule has 1 amide bonds. The van der Waals surface area contributed by atoms with Crippen molar-refractivity contribution in [3.05, 3.63) is 73.7 Å². The first kappa shape index (κ1) is 24.3. The SMILES string of the molecule is Nc1c(Br)cc(C(=O)N2CCC(N3CCC(n4cc(-c5ccccc5)[nH]c4=O)CC3)CC2)cc1Br. The maximum atomic E-state index is 13.0. The molecule has 3 heterocycles. The molecular weight excluding hydrogens is 574 g/mol. The summed E-state index contributed by atoms with van der Waals surface area (Å²) in [5, 5.41) is 0. The number of benzene rings is 2. The van der Waals surface area contributed by atoms with E-state index in [-0.39, 0.29) is 17.6 Å². The molecule has 35 heavy (non-hydrogen) atoms. The highest BCUT2D eigenvalue weighted by Gasteiger charge is 2.31. The van der Waals surface area contributed by atoms with Gasteiger partial charge in [0.25, 0.3) is 5.91 Å². The topological polar surface area (TPSA) is 87.4 Å². The second-order valence-electron chi connectivity index (χ2n) is 9.39. The molecule has 2 aliphatic rings. The predicted octanol–water partition coefficient (Wildman–Crippen LogP) is 4.89. The van der Waals surface area contributed by atoms with E-state index in [1.54, 1.807) is 12.1 Å². The molecule has 5 rings (SSSR count). The Morgan fingerprint density at radius 1 is 0.914 bits per heavy atom. The fourth-order valence-electron chi connectivity index (χ4n) is 5.30. The molecule has 2 fully saturated rings. The van der Waals surface area contributed by atoms with Crippen LogP contribution in [0.2, 0.25) is 0 Å². The number of nitrogens with two attached hydrogens (primary N) is 1. The minimum Gasteiger partial charge on any atom is -0.397 e. The van der Waals surface area contributed by atoms with Crippen LogP contribution < -0.4 is 11.4 Å². The fraction of sp³-hybridized carbons (Fsp3) is 0.385. The van der Waals surface area contributed by atoms with Crippen LogP contribution in [0.5, 0.6) is 0 Å². The Morgan fingerprint density at radius 3 is 2.14 bits per heavy atom. The zero-order chi connectivity index (χ0) is 24.5. The van der Waals surface area contributed by atoms with Crippen LogP contribution in [0, 0.1) is 0 Å². The minimum atomic E-state index is -0.0323. The average molecular weight is 603 g/mol. The van der Waals surface area contributed by atoms with Crippen LogP contribution in [-0.2, 0) is 0 Å². The zero-order valence-corrected chi connectivity index (χ0v) is 22.6. The summed E-state index contributed by atoms with van der Waals surface area (Å²) in [5.74, 6) is 0.0459. The number of hydrogen-bond acceptors (Lipinski definition) is 4. The molecule has 2 aromatic carbocycles. The molecule has 1 aromatic heterocycles. The number of likely N-dealkylation sites (tertiary alicyclic amines) is 2. The molecular formula is C26H29Br2N5O2. The number of nitrogen functional groups attached to an aromatic ring is 1. The smallest absolute Gasteiger partial charge is 0.326 e.